The van der Waals surface area contributed by atoms with Gasteiger partial charge in [-0.15, -0.1) is 0 Å². The molecule has 0 saturated heterocycles. The molecule has 0 aliphatic heterocycles. The van der Waals surface area contributed by atoms with Gasteiger partial charge in [-0.05, 0) is 31.5 Å². The molecule has 3 nitrogen and oxygen atoms in total. The minimum atomic E-state index is -0.506. The molecule has 0 aliphatic rings. The van der Waals surface area contributed by atoms with Crippen molar-refractivity contribution in [1.82, 2.24) is 0 Å². The van der Waals surface area contributed by atoms with Crippen molar-refractivity contribution >= 4 is 11.8 Å². The lowest BCUT2D eigenvalue weighted by Crippen LogP contribution is -2.15. The van der Waals surface area contributed by atoms with Crippen LogP contribution in [0.3, 0.4) is 0 Å². The normalized spacial score (nSPS) is 10.7. The highest BCUT2D eigenvalue weighted by Gasteiger charge is 2.19. The Balaban J connectivity index is 3.15. The molecule has 0 saturated carbocycles. The Morgan fingerprint density at radius 2 is 2.00 bits per heavy atom. The Morgan fingerprint density at radius 1 is 1.33 bits per heavy atom. The van der Waals surface area contributed by atoms with Crippen molar-refractivity contribution < 1.29 is 4.79 Å². The molecule has 0 heterocycles. The molecular formula is C12H16N2O. The maximum Gasteiger partial charge on any atom is 0.235 e. The van der Waals surface area contributed by atoms with Crippen LogP contribution in [-0.4, -0.2) is 20.2 Å². The Morgan fingerprint density at radius 3 is 2.53 bits per heavy atom. The summed E-state index contributed by atoms with van der Waals surface area (Å²) in [7, 11) is 3.96. The van der Waals surface area contributed by atoms with Gasteiger partial charge < -0.3 is 4.90 Å². The zero-order chi connectivity index (χ0) is 11.5. The highest BCUT2D eigenvalue weighted by molar-refractivity contribution is 5.49. The molecule has 1 aromatic carbocycles. The van der Waals surface area contributed by atoms with Crippen molar-refractivity contribution in [1.29, 1.82) is 0 Å². The zero-order valence-electron chi connectivity index (χ0n) is 9.61. The van der Waals surface area contributed by atoms with E-state index in [0.717, 1.165) is 11.3 Å². The summed E-state index contributed by atoms with van der Waals surface area (Å²) in [5, 5.41) is 0. The Labute approximate surface area is 90.4 Å². The number of hydrogen-bond donors (Lipinski definition) is 0. The Kier molecular flexibility index (Phi) is 3.28. The first-order valence-electron chi connectivity index (χ1n) is 4.84. The van der Waals surface area contributed by atoms with E-state index in [2.05, 4.69) is 4.99 Å². The molecule has 0 amide bonds. The molecule has 0 aliphatic carbocycles. The van der Waals surface area contributed by atoms with E-state index in [4.69, 9.17) is 0 Å². The predicted octanol–water partition coefficient (Wildman–Crippen LogP) is 2.32. The number of nitrogens with zero attached hydrogens (tertiary/aromatic N) is 2. The van der Waals surface area contributed by atoms with Gasteiger partial charge in [0.2, 0.25) is 6.08 Å². The van der Waals surface area contributed by atoms with Gasteiger partial charge in [0.25, 0.3) is 0 Å². The first-order valence-corrected chi connectivity index (χ1v) is 4.84. The van der Waals surface area contributed by atoms with E-state index in [0.29, 0.717) is 0 Å². The van der Waals surface area contributed by atoms with Crippen LogP contribution in [0.2, 0.25) is 0 Å². The summed E-state index contributed by atoms with van der Waals surface area (Å²) in [6, 6.07) is 7.98. The standard InChI is InChI=1S/C12H16N2O/c1-12(2,13-9-15)10-6-5-7-11(8-10)14(3)4/h5-8H,1-4H3. The molecule has 3 heteroatoms. The maximum atomic E-state index is 10.3. The SMILES string of the molecule is CN(C)c1cccc(C(C)(C)N=C=O)c1. The predicted molar refractivity (Wildman–Crippen MR) is 61.9 cm³/mol. The van der Waals surface area contributed by atoms with E-state index in [9.17, 15) is 4.79 Å². The summed E-state index contributed by atoms with van der Waals surface area (Å²) in [6.07, 6.45) is 1.62. The number of rotatable bonds is 3. The fraction of sp³-hybridized carbons (Fsp3) is 0.417. The van der Waals surface area contributed by atoms with E-state index in [1.165, 1.54) is 0 Å². The van der Waals surface area contributed by atoms with E-state index in [-0.39, 0.29) is 0 Å². The number of aliphatic imine (C=N–C) groups is 1. The molecule has 1 aromatic rings. The monoisotopic (exact) mass is 204 g/mol. The van der Waals surface area contributed by atoms with Crippen LogP contribution in [-0.2, 0) is 10.3 Å². The molecule has 80 valence electrons. The number of hydrogen-bond acceptors (Lipinski definition) is 3. The second-order valence-corrected chi connectivity index (χ2v) is 4.21. The number of carbonyl (C=O) groups excluding carboxylic acids is 1. The summed E-state index contributed by atoms with van der Waals surface area (Å²) in [4.78, 5) is 16.1. The Bertz CT molecular complexity index is 390. The maximum absolute atomic E-state index is 10.3. The lowest BCUT2D eigenvalue weighted by Gasteiger charge is -2.20. The summed E-state index contributed by atoms with van der Waals surface area (Å²) < 4.78 is 0. The molecule has 0 aromatic heterocycles. The summed E-state index contributed by atoms with van der Waals surface area (Å²) >= 11 is 0. The van der Waals surface area contributed by atoms with Crippen LogP contribution in [0, 0.1) is 0 Å². The molecule has 0 bridgehead atoms. The van der Waals surface area contributed by atoms with Gasteiger partial charge >= 0.3 is 0 Å². The van der Waals surface area contributed by atoms with Gasteiger partial charge in [-0.2, -0.15) is 4.99 Å². The fourth-order valence-corrected chi connectivity index (χ4v) is 1.34. The van der Waals surface area contributed by atoms with Crippen LogP contribution in [0.15, 0.2) is 29.3 Å². The van der Waals surface area contributed by atoms with Crippen molar-refractivity contribution in [3.63, 3.8) is 0 Å². The second kappa shape index (κ2) is 4.28. The zero-order valence-corrected chi connectivity index (χ0v) is 9.61. The van der Waals surface area contributed by atoms with Gasteiger partial charge in [0.05, 0.1) is 5.54 Å². The summed E-state index contributed by atoms with van der Waals surface area (Å²) in [5.74, 6) is 0. The largest absolute Gasteiger partial charge is 0.378 e. The first kappa shape index (κ1) is 11.5. The van der Waals surface area contributed by atoms with Crippen molar-refractivity contribution in [3.05, 3.63) is 29.8 Å². The van der Waals surface area contributed by atoms with E-state index >= 15 is 0 Å². The first-order chi connectivity index (χ1) is 6.97. The third-order valence-corrected chi connectivity index (χ3v) is 2.39. The third-order valence-electron chi connectivity index (χ3n) is 2.39. The van der Waals surface area contributed by atoms with Gasteiger partial charge in [0.15, 0.2) is 0 Å². The summed E-state index contributed by atoms with van der Waals surface area (Å²) in [6.45, 7) is 3.79. The van der Waals surface area contributed by atoms with E-state index in [1.54, 1.807) is 6.08 Å². The van der Waals surface area contributed by atoms with Crippen molar-refractivity contribution in [3.8, 4) is 0 Å². The number of benzene rings is 1. The molecule has 0 spiro atoms. The molecule has 0 unspecified atom stereocenters. The molecular weight excluding hydrogens is 188 g/mol. The fourth-order valence-electron chi connectivity index (χ4n) is 1.34. The van der Waals surface area contributed by atoms with Gasteiger partial charge in [-0.25, -0.2) is 4.79 Å². The molecule has 0 atom stereocenters. The molecule has 15 heavy (non-hydrogen) atoms. The average Bonchev–Trinajstić information content (AvgIpc) is 2.18. The van der Waals surface area contributed by atoms with Gasteiger partial charge in [-0.1, -0.05) is 12.1 Å². The van der Waals surface area contributed by atoms with Gasteiger partial charge in [0.1, 0.15) is 0 Å². The number of anilines is 1. The van der Waals surface area contributed by atoms with Gasteiger partial charge in [-0.3, -0.25) is 0 Å². The van der Waals surface area contributed by atoms with E-state index < -0.39 is 5.54 Å². The molecule has 0 fully saturated rings. The lowest BCUT2D eigenvalue weighted by atomic mass is 9.95. The van der Waals surface area contributed by atoms with Crippen LogP contribution >= 0.6 is 0 Å². The average molecular weight is 204 g/mol. The van der Waals surface area contributed by atoms with Crippen molar-refractivity contribution in [2.24, 2.45) is 4.99 Å². The minimum Gasteiger partial charge on any atom is -0.378 e. The Hall–Kier alpha value is -1.60. The van der Waals surface area contributed by atoms with Crippen LogP contribution in [0.1, 0.15) is 19.4 Å². The second-order valence-electron chi connectivity index (χ2n) is 4.21. The van der Waals surface area contributed by atoms with Crippen LogP contribution in [0.25, 0.3) is 0 Å². The number of isocyanates is 1. The highest BCUT2D eigenvalue weighted by Crippen LogP contribution is 2.26. The molecule has 0 N–H and O–H groups in total. The molecule has 0 radical (unpaired) electrons. The van der Waals surface area contributed by atoms with Crippen LogP contribution in [0.5, 0.6) is 0 Å². The van der Waals surface area contributed by atoms with Crippen molar-refractivity contribution in [2.75, 3.05) is 19.0 Å². The smallest absolute Gasteiger partial charge is 0.235 e. The molecule has 1 rings (SSSR count). The van der Waals surface area contributed by atoms with Gasteiger partial charge in [0, 0.05) is 19.8 Å². The third kappa shape index (κ3) is 2.67. The highest BCUT2D eigenvalue weighted by atomic mass is 16.1. The lowest BCUT2D eigenvalue weighted by molar-refractivity contribution is 0.523. The van der Waals surface area contributed by atoms with Crippen molar-refractivity contribution in [2.45, 2.75) is 19.4 Å². The minimum absolute atomic E-state index is 0.506. The quantitative estimate of drug-likeness (QED) is 0.559. The van der Waals surface area contributed by atoms with Crippen LogP contribution < -0.4 is 4.90 Å². The van der Waals surface area contributed by atoms with Crippen LogP contribution in [0.4, 0.5) is 5.69 Å². The topological polar surface area (TPSA) is 32.7 Å². The van der Waals surface area contributed by atoms with E-state index in [1.807, 2.05) is 57.1 Å². The summed E-state index contributed by atoms with van der Waals surface area (Å²) in [5.41, 5.74) is 1.60.